The molecule has 0 amide bonds. The Morgan fingerprint density at radius 3 is 2.62 bits per heavy atom. The fourth-order valence-electron chi connectivity index (χ4n) is 3.71. The fraction of sp³-hybridized carbons (Fsp3) is 0.533. The molecule has 0 bridgehead atoms. The van der Waals surface area contributed by atoms with Crippen molar-refractivity contribution in [3.63, 3.8) is 0 Å². The fourth-order valence-corrected chi connectivity index (χ4v) is 3.71. The Hall–Kier alpha value is -1.11. The predicted molar refractivity (Wildman–Crippen MR) is 64.5 cm³/mol. The largest absolute Gasteiger partial charge is 0.300 e. The van der Waals surface area contributed by atoms with Crippen LogP contribution < -0.4 is 0 Å². The van der Waals surface area contributed by atoms with Crippen molar-refractivity contribution in [1.82, 2.24) is 0 Å². The summed E-state index contributed by atoms with van der Waals surface area (Å²) in [5.41, 5.74) is 3.38. The third-order valence-electron chi connectivity index (χ3n) is 4.72. The van der Waals surface area contributed by atoms with Crippen molar-refractivity contribution in [2.45, 2.75) is 44.4 Å². The third kappa shape index (κ3) is 1.27. The van der Waals surface area contributed by atoms with Gasteiger partial charge in [-0.15, -0.1) is 0 Å². The Morgan fingerprint density at radius 2 is 1.88 bits per heavy atom. The van der Waals surface area contributed by atoms with Gasteiger partial charge in [-0.25, -0.2) is 0 Å². The van der Waals surface area contributed by atoms with Crippen LogP contribution >= 0.6 is 0 Å². The van der Waals surface area contributed by atoms with Crippen molar-refractivity contribution in [1.29, 1.82) is 0 Å². The van der Waals surface area contributed by atoms with E-state index in [2.05, 4.69) is 31.2 Å². The molecule has 1 nitrogen and oxygen atoms in total. The van der Waals surface area contributed by atoms with Crippen LogP contribution in [-0.2, 0) is 16.6 Å². The highest BCUT2D eigenvalue weighted by molar-refractivity contribution is 5.79. The summed E-state index contributed by atoms with van der Waals surface area (Å²) in [7, 11) is 0. The lowest BCUT2D eigenvalue weighted by atomic mass is 9.65. The number of fused-ring (bicyclic) bond motifs is 2. The Bertz CT molecular complexity index is 423. The highest BCUT2D eigenvalue weighted by atomic mass is 16.1. The van der Waals surface area contributed by atoms with E-state index in [9.17, 15) is 4.79 Å². The minimum absolute atomic E-state index is 0.324. The third-order valence-corrected chi connectivity index (χ3v) is 4.72. The van der Waals surface area contributed by atoms with Crippen LogP contribution in [0.2, 0.25) is 0 Å². The zero-order valence-corrected chi connectivity index (χ0v) is 9.83. The van der Waals surface area contributed by atoms with Crippen molar-refractivity contribution in [3.05, 3.63) is 35.4 Å². The first-order valence-electron chi connectivity index (χ1n) is 6.32. The van der Waals surface area contributed by atoms with Gasteiger partial charge in [-0.05, 0) is 41.7 Å². The summed E-state index contributed by atoms with van der Waals surface area (Å²) in [5, 5.41) is 0. The molecule has 84 valence electrons. The van der Waals surface area contributed by atoms with E-state index in [0.29, 0.717) is 17.1 Å². The minimum Gasteiger partial charge on any atom is -0.300 e. The molecule has 1 spiro atoms. The molecule has 1 fully saturated rings. The molecule has 0 radical (unpaired) electrons. The number of carbonyl (C=O) groups excluding carboxylic acids is 1. The lowest BCUT2D eigenvalue weighted by Crippen LogP contribution is -2.35. The van der Waals surface area contributed by atoms with Crippen LogP contribution in [0.4, 0.5) is 0 Å². The SMILES string of the molecule is CC1Cc2ccccc2C12CCC(=O)CC2. The van der Waals surface area contributed by atoms with Crippen molar-refractivity contribution >= 4 is 5.78 Å². The molecule has 0 saturated heterocycles. The molecule has 0 N–H and O–H groups in total. The molecule has 0 aromatic heterocycles. The molecule has 1 unspecified atom stereocenters. The Morgan fingerprint density at radius 1 is 1.19 bits per heavy atom. The standard InChI is InChI=1S/C15H18O/c1-11-10-12-4-2-3-5-14(12)15(11)8-6-13(16)7-9-15/h2-5,11H,6-10H2,1H3. The maximum absolute atomic E-state index is 11.4. The normalized spacial score (nSPS) is 27.1. The molecular weight excluding hydrogens is 196 g/mol. The lowest BCUT2D eigenvalue weighted by Gasteiger charge is -2.38. The van der Waals surface area contributed by atoms with Crippen LogP contribution in [0.1, 0.15) is 43.7 Å². The zero-order chi connectivity index (χ0) is 11.2. The highest BCUT2D eigenvalue weighted by Gasteiger charge is 2.45. The first-order valence-corrected chi connectivity index (χ1v) is 6.32. The molecule has 1 aromatic carbocycles. The average Bonchev–Trinajstić information content (AvgIpc) is 2.57. The van der Waals surface area contributed by atoms with E-state index in [-0.39, 0.29) is 0 Å². The van der Waals surface area contributed by atoms with Gasteiger partial charge in [0.15, 0.2) is 0 Å². The van der Waals surface area contributed by atoms with Crippen molar-refractivity contribution in [2.24, 2.45) is 5.92 Å². The minimum atomic E-state index is 0.324. The second-order valence-electron chi connectivity index (χ2n) is 5.46. The number of rotatable bonds is 0. The van der Waals surface area contributed by atoms with Crippen molar-refractivity contribution < 1.29 is 4.79 Å². The maximum Gasteiger partial charge on any atom is 0.132 e. The Kier molecular flexibility index (Phi) is 2.17. The highest BCUT2D eigenvalue weighted by Crippen LogP contribution is 2.51. The number of ketones is 1. The molecule has 0 heterocycles. The van der Waals surface area contributed by atoms with Crippen LogP contribution in [0.25, 0.3) is 0 Å². The molecular formula is C15H18O. The van der Waals surface area contributed by atoms with Crippen LogP contribution in [0.15, 0.2) is 24.3 Å². The number of Topliss-reactive ketones (excluding diaryl/α,β-unsaturated/α-hetero) is 1. The molecule has 2 aliphatic carbocycles. The summed E-state index contributed by atoms with van der Waals surface area (Å²) in [5.74, 6) is 1.17. The van der Waals surface area contributed by atoms with E-state index < -0.39 is 0 Å². The Labute approximate surface area is 96.9 Å². The summed E-state index contributed by atoms with van der Waals surface area (Å²) in [6, 6.07) is 8.83. The zero-order valence-electron chi connectivity index (χ0n) is 9.83. The van der Waals surface area contributed by atoms with Crippen molar-refractivity contribution in [3.8, 4) is 0 Å². The van der Waals surface area contributed by atoms with Gasteiger partial charge in [-0.2, -0.15) is 0 Å². The van der Waals surface area contributed by atoms with Crippen molar-refractivity contribution in [2.75, 3.05) is 0 Å². The van der Waals surface area contributed by atoms with Crippen LogP contribution in [0.5, 0.6) is 0 Å². The lowest BCUT2D eigenvalue weighted by molar-refractivity contribution is -0.121. The van der Waals surface area contributed by atoms with E-state index in [0.717, 1.165) is 25.7 Å². The van der Waals surface area contributed by atoms with Gasteiger partial charge in [0, 0.05) is 12.8 Å². The van der Waals surface area contributed by atoms with E-state index in [1.807, 2.05) is 0 Å². The number of carbonyl (C=O) groups is 1. The monoisotopic (exact) mass is 214 g/mol. The molecule has 1 atom stereocenters. The quantitative estimate of drug-likeness (QED) is 0.648. The first kappa shape index (κ1) is 10.1. The van der Waals surface area contributed by atoms with Crippen LogP contribution in [0.3, 0.4) is 0 Å². The van der Waals surface area contributed by atoms with Crippen LogP contribution in [-0.4, -0.2) is 5.78 Å². The van der Waals surface area contributed by atoms with E-state index in [1.165, 1.54) is 17.5 Å². The van der Waals surface area contributed by atoms with Gasteiger partial charge in [0.25, 0.3) is 0 Å². The summed E-state index contributed by atoms with van der Waals surface area (Å²) in [6.07, 6.45) is 4.93. The summed E-state index contributed by atoms with van der Waals surface area (Å²) in [6.45, 7) is 2.36. The van der Waals surface area contributed by atoms with Gasteiger partial charge in [-0.1, -0.05) is 31.2 Å². The Balaban J connectivity index is 2.04. The summed E-state index contributed by atoms with van der Waals surface area (Å²) < 4.78 is 0. The number of benzene rings is 1. The molecule has 1 heteroatoms. The number of hydrogen-bond donors (Lipinski definition) is 0. The molecule has 1 aromatic rings. The van der Waals surface area contributed by atoms with E-state index in [1.54, 1.807) is 0 Å². The molecule has 2 aliphatic rings. The number of hydrogen-bond acceptors (Lipinski definition) is 1. The van der Waals surface area contributed by atoms with E-state index >= 15 is 0 Å². The molecule has 16 heavy (non-hydrogen) atoms. The second kappa shape index (κ2) is 3.44. The predicted octanol–water partition coefficient (Wildman–Crippen LogP) is 3.26. The van der Waals surface area contributed by atoms with Gasteiger partial charge >= 0.3 is 0 Å². The maximum atomic E-state index is 11.4. The van der Waals surface area contributed by atoms with E-state index in [4.69, 9.17) is 0 Å². The first-order chi connectivity index (χ1) is 7.72. The topological polar surface area (TPSA) is 17.1 Å². The van der Waals surface area contributed by atoms with Gasteiger partial charge in [0.05, 0.1) is 0 Å². The van der Waals surface area contributed by atoms with Gasteiger partial charge in [0.2, 0.25) is 0 Å². The average molecular weight is 214 g/mol. The van der Waals surface area contributed by atoms with Gasteiger partial charge < -0.3 is 0 Å². The molecule has 3 rings (SSSR count). The molecule has 0 aliphatic heterocycles. The van der Waals surface area contributed by atoms with Gasteiger partial charge in [0.1, 0.15) is 5.78 Å². The van der Waals surface area contributed by atoms with Crippen LogP contribution in [0, 0.1) is 5.92 Å². The van der Waals surface area contributed by atoms with Gasteiger partial charge in [-0.3, -0.25) is 4.79 Å². The molecule has 1 saturated carbocycles. The smallest absolute Gasteiger partial charge is 0.132 e. The summed E-state index contributed by atoms with van der Waals surface area (Å²) >= 11 is 0. The summed E-state index contributed by atoms with van der Waals surface area (Å²) in [4.78, 5) is 11.4. The second-order valence-corrected chi connectivity index (χ2v) is 5.46.